The van der Waals surface area contributed by atoms with Gasteiger partial charge in [-0.3, -0.25) is 0 Å². The first kappa shape index (κ1) is 11.9. The molecule has 0 fully saturated rings. The molecule has 0 spiro atoms. The van der Waals surface area contributed by atoms with Crippen LogP contribution in [0.5, 0.6) is 0 Å². The SMILES string of the molecule is CNC(C)CCCC(C)(C)OC. The van der Waals surface area contributed by atoms with Crippen molar-refractivity contribution in [2.75, 3.05) is 14.2 Å². The van der Waals surface area contributed by atoms with E-state index in [0.29, 0.717) is 6.04 Å². The van der Waals surface area contributed by atoms with Gasteiger partial charge in [-0.15, -0.1) is 0 Å². The fourth-order valence-electron chi connectivity index (χ4n) is 1.08. The Balaban J connectivity index is 3.42. The molecule has 0 aromatic rings. The number of hydrogen-bond donors (Lipinski definition) is 1. The van der Waals surface area contributed by atoms with Crippen molar-refractivity contribution in [2.45, 2.75) is 51.7 Å². The first-order valence-electron chi connectivity index (χ1n) is 4.74. The summed E-state index contributed by atoms with van der Waals surface area (Å²) < 4.78 is 5.33. The second kappa shape index (κ2) is 5.55. The van der Waals surface area contributed by atoms with Crippen molar-refractivity contribution in [2.24, 2.45) is 0 Å². The van der Waals surface area contributed by atoms with E-state index in [4.69, 9.17) is 4.74 Å². The number of nitrogens with one attached hydrogen (secondary N) is 1. The van der Waals surface area contributed by atoms with Crippen molar-refractivity contribution >= 4 is 0 Å². The third-order valence-corrected chi connectivity index (χ3v) is 2.46. The van der Waals surface area contributed by atoms with Crippen LogP contribution in [-0.2, 0) is 4.74 Å². The molecule has 0 aromatic heterocycles. The lowest BCUT2D eigenvalue weighted by Crippen LogP contribution is -2.25. The van der Waals surface area contributed by atoms with Crippen LogP contribution in [0.3, 0.4) is 0 Å². The quantitative estimate of drug-likeness (QED) is 0.665. The van der Waals surface area contributed by atoms with E-state index in [1.165, 1.54) is 12.8 Å². The number of ether oxygens (including phenoxy) is 1. The Morgan fingerprint density at radius 1 is 1.42 bits per heavy atom. The highest BCUT2D eigenvalue weighted by molar-refractivity contribution is 4.69. The topological polar surface area (TPSA) is 21.3 Å². The highest BCUT2D eigenvalue weighted by Crippen LogP contribution is 2.16. The summed E-state index contributed by atoms with van der Waals surface area (Å²) in [6.45, 7) is 6.48. The van der Waals surface area contributed by atoms with Crippen LogP contribution in [0, 0.1) is 0 Å². The summed E-state index contributed by atoms with van der Waals surface area (Å²) in [5.41, 5.74) is 0.0491. The number of hydrogen-bond acceptors (Lipinski definition) is 2. The molecule has 0 bridgehead atoms. The van der Waals surface area contributed by atoms with Gasteiger partial charge in [0.05, 0.1) is 5.60 Å². The molecule has 0 rings (SSSR count). The van der Waals surface area contributed by atoms with Crippen LogP contribution in [0.4, 0.5) is 0 Å². The molecule has 0 amide bonds. The molecule has 0 heterocycles. The van der Waals surface area contributed by atoms with E-state index < -0.39 is 0 Å². The van der Waals surface area contributed by atoms with Crippen LogP contribution >= 0.6 is 0 Å². The second-order valence-electron chi connectivity index (χ2n) is 4.05. The minimum atomic E-state index is 0.0491. The monoisotopic (exact) mass is 173 g/mol. The van der Waals surface area contributed by atoms with E-state index in [9.17, 15) is 0 Å². The molecule has 0 saturated carbocycles. The molecule has 0 aliphatic carbocycles. The van der Waals surface area contributed by atoms with Gasteiger partial charge < -0.3 is 10.1 Å². The van der Waals surface area contributed by atoms with Crippen molar-refractivity contribution < 1.29 is 4.74 Å². The summed E-state index contributed by atoms with van der Waals surface area (Å²) in [7, 11) is 3.79. The molecule has 0 aliphatic heterocycles. The molecular formula is C10H23NO. The summed E-state index contributed by atoms with van der Waals surface area (Å²) in [5, 5.41) is 3.23. The predicted octanol–water partition coefficient (Wildman–Crippen LogP) is 2.19. The molecule has 0 radical (unpaired) electrons. The minimum Gasteiger partial charge on any atom is -0.379 e. The highest BCUT2D eigenvalue weighted by atomic mass is 16.5. The molecule has 2 heteroatoms. The second-order valence-corrected chi connectivity index (χ2v) is 4.05. The molecule has 74 valence electrons. The van der Waals surface area contributed by atoms with Gasteiger partial charge in [0.1, 0.15) is 0 Å². The summed E-state index contributed by atoms with van der Waals surface area (Å²) >= 11 is 0. The zero-order chi connectivity index (χ0) is 9.61. The average Bonchev–Trinajstić information content (AvgIpc) is 2.04. The van der Waals surface area contributed by atoms with E-state index in [1.807, 2.05) is 7.05 Å². The maximum atomic E-state index is 5.33. The minimum absolute atomic E-state index is 0.0491. The summed E-state index contributed by atoms with van der Waals surface area (Å²) in [6.07, 6.45) is 3.58. The third kappa shape index (κ3) is 5.56. The van der Waals surface area contributed by atoms with Gasteiger partial charge >= 0.3 is 0 Å². The largest absolute Gasteiger partial charge is 0.379 e. The smallest absolute Gasteiger partial charge is 0.0622 e. The molecule has 0 aromatic carbocycles. The van der Waals surface area contributed by atoms with Crippen LogP contribution in [0.1, 0.15) is 40.0 Å². The average molecular weight is 173 g/mol. The first-order valence-corrected chi connectivity index (χ1v) is 4.74. The van der Waals surface area contributed by atoms with Crippen LogP contribution in [0.25, 0.3) is 0 Å². The van der Waals surface area contributed by atoms with Gasteiger partial charge in [0.25, 0.3) is 0 Å². The summed E-state index contributed by atoms with van der Waals surface area (Å²) in [5.74, 6) is 0. The fraction of sp³-hybridized carbons (Fsp3) is 1.00. The van der Waals surface area contributed by atoms with E-state index >= 15 is 0 Å². The van der Waals surface area contributed by atoms with E-state index in [2.05, 4.69) is 26.1 Å². The van der Waals surface area contributed by atoms with Gasteiger partial charge in [0.15, 0.2) is 0 Å². The third-order valence-electron chi connectivity index (χ3n) is 2.46. The normalized spacial score (nSPS) is 14.8. The number of rotatable bonds is 6. The lowest BCUT2D eigenvalue weighted by molar-refractivity contribution is 0.0131. The maximum absolute atomic E-state index is 5.33. The zero-order valence-corrected chi connectivity index (χ0v) is 9.11. The van der Waals surface area contributed by atoms with Crippen molar-refractivity contribution in [3.05, 3.63) is 0 Å². The Morgan fingerprint density at radius 3 is 2.42 bits per heavy atom. The maximum Gasteiger partial charge on any atom is 0.0622 e. The Hall–Kier alpha value is -0.0800. The van der Waals surface area contributed by atoms with Gasteiger partial charge in [0.2, 0.25) is 0 Å². The van der Waals surface area contributed by atoms with Gasteiger partial charge in [-0.05, 0) is 47.1 Å². The van der Waals surface area contributed by atoms with E-state index in [0.717, 1.165) is 6.42 Å². The van der Waals surface area contributed by atoms with Crippen LogP contribution in [-0.4, -0.2) is 25.8 Å². The van der Waals surface area contributed by atoms with Gasteiger partial charge in [-0.1, -0.05) is 0 Å². The standard InChI is InChI=1S/C10H23NO/c1-9(11-4)7-6-8-10(2,3)12-5/h9,11H,6-8H2,1-5H3. The molecule has 0 aliphatic rings. The number of methoxy groups -OCH3 is 1. The van der Waals surface area contributed by atoms with E-state index in [-0.39, 0.29) is 5.60 Å². The lowest BCUT2D eigenvalue weighted by Gasteiger charge is -2.23. The predicted molar refractivity (Wildman–Crippen MR) is 53.5 cm³/mol. The molecule has 1 atom stereocenters. The molecule has 1 unspecified atom stereocenters. The van der Waals surface area contributed by atoms with Gasteiger partial charge in [-0.2, -0.15) is 0 Å². The molecule has 0 saturated heterocycles. The van der Waals surface area contributed by atoms with Crippen molar-refractivity contribution in [1.29, 1.82) is 0 Å². The Kier molecular flexibility index (Phi) is 5.51. The Labute approximate surface area is 76.7 Å². The van der Waals surface area contributed by atoms with Crippen molar-refractivity contribution in [3.8, 4) is 0 Å². The first-order chi connectivity index (χ1) is 5.52. The summed E-state index contributed by atoms with van der Waals surface area (Å²) in [6, 6.07) is 0.623. The van der Waals surface area contributed by atoms with Crippen molar-refractivity contribution in [1.82, 2.24) is 5.32 Å². The van der Waals surface area contributed by atoms with Crippen LogP contribution < -0.4 is 5.32 Å². The van der Waals surface area contributed by atoms with Crippen molar-refractivity contribution in [3.63, 3.8) is 0 Å². The fourth-order valence-corrected chi connectivity index (χ4v) is 1.08. The van der Waals surface area contributed by atoms with Crippen LogP contribution in [0.2, 0.25) is 0 Å². The van der Waals surface area contributed by atoms with E-state index in [1.54, 1.807) is 7.11 Å². The highest BCUT2D eigenvalue weighted by Gasteiger charge is 2.15. The lowest BCUT2D eigenvalue weighted by atomic mass is 9.99. The van der Waals surface area contributed by atoms with Gasteiger partial charge in [0, 0.05) is 13.2 Å². The molecule has 1 N–H and O–H groups in total. The van der Waals surface area contributed by atoms with Gasteiger partial charge in [-0.25, -0.2) is 0 Å². The molecule has 2 nitrogen and oxygen atoms in total. The molecular weight excluding hydrogens is 150 g/mol. The Morgan fingerprint density at radius 2 is 2.00 bits per heavy atom. The Bertz CT molecular complexity index is 112. The zero-order valence-electron chi connectivity index (χ0n) is 9.11. The van der Waals surface area contributed by atoms with Crippen LogP contribution in [0.15, 0.2) is 0 Å². The molecule has 12 heavy (non-hydrogen) atoms. The summed E-state index contributed by atoms with van der Waals surface area (Å²) in [4.78, 5) is 0.